The fourth-order valence-electron chi connectivity index (χ4n) is 2.06. The summed E-state index contributed by atoms with van der Waals surface area (Å²) in [5.41, 5.74) is 0.906. The van der Waals surface area contributed by atoms with Gasteiger partial charge < -0.3 is 10.1 Å². The molecule has 1 amide bonds. The number of ether oxygens (including phenoxy) is 1. The Hall–Kier alpha value is -2.36. The molecule has 0 saturated carbocycles. The molecular weight excluding hydrogens is 290 g/mol. The minimum Gasteiger partial charge on any atom is -0.463 e. The molecule has 0 spiro atoms. The average molecular weight is 315 g/mol. The van der Waals surface area contributed by atoms with Gasteiger partial charge in [-0.25, -0.2) is 0 Å². The lowest BCUT2D eigenvalue weighted by Crippen LogP contribution is -2.32. The summed E-state index contributed by atoms with van der Waals surface area (Å²) in [5.74, 6) is -0.611. The third-order valence-corrected chi connectivity index (χ3v) is 3.43. The van der Waals surface area contributed by atoms with Crippen LogP contribution in [0, 0.1) is 5.92 Å². The largest absolute Gasteiger partial charge is 0.463 e. The minimum atomic E-state index is -0.353. The highest BCUT2D eigenvalue weighted by Gasteiger charge is 2.19. The van der Waals surface area contributed by atoms with Crippen molar-refractivity contribution in [3.8, 4) is 0 Å². The Morgan fingerprint density at radius 1 is 1.22 bits per heavy atom. The van der Waals surface area contributed by atoms with Gasteiger partial charge in [0.25, 0.3) is 0 Å². The van der Waals surface area contributed by atoms with Crippen LogP contribution in [0.25, 0.3) is 0 Å². The molecular formula is C19H25NO3. The Labute approximate surface area is 138 Å². The number of hydrogen-bond donors (Lipinski definition) is 1. The van der Waals surface area contributed by atoms with Crippen LogP contribution in [-0.2, 0) is 14.3 Å². The van der Waals surface area contributed by atoms with Gasteiger partial charge in [0.15, 0.2) is 0 Å². The normalized spacial score (nSPS) is 12.7. The van der Waals surface area contributed by atoms with Crippen LogP contribution in [0.15, 0.2) is 55.6 Å². The van der Waals surface area contributed by atoms with Gasteiger partial charge in [-0.15, -0.1) is 13.2 Å². The number of carbonyl (C=O) groups excluding carboxylic acids is 2. The van der Waals surface area contributed by atoms with Gasteiger partial charge in [-0.3, -0.25) is 9.59 Å². The van der Waals surface area contributed by atoms with Gasteiger partial charge in [0.1, 0.15) is 6.61 Å². The monoisotopic (exact) mass is 315 g/mol. The van der Waals surface area contributed by atoms with Crippen LogP contribution in [0.5, 0.6) is 0 Å². The Balaban J connectivity index is 2.68. The maximum absolute atomic E-state index is 12.0. The maximum Gasteiger partial charge on any atom is 0.309 e. The summed E-state index contributed by atoms with van der Waals surface area (Å²) >= 11 is 0. The van der Waals surface area contributed by atoms with E-state index in [-0.39, 0.29) is 30.4 Å². The second-order valence-corrected chi connectivity index (χ2v) is 5.41. The van der Waals surface area contributed by atoms with Gasteiger partial charge >= 0.3 is 5.97 Å². The number of benzene rings is 1. The Bertz CT molecular complexity index is 525. The van der Waals surface area contributed by atoms with Crippen LogP contribution in [-0.4, -0.2) is 18.5 Å². The van der Waals surface area contributed by atoms with Crippen LogP contribution in [0.4, 0.5) is 0 Å². The summed E-state index contributed by atoms with van der Waals surface area (Å²) in [6.45, 7) is 9.14. The summed E-state index contributed by atoms with van der Waals surface area (Å²) in [6, 6.07) is 9.13. The summed E-state index contributed by atoms with van der Waals surface area (Å²) in [6.07, 6.45) is 4.95. The summed E-state index contributed by atoms with van der Waals surface area (Å²) in [5, 5.41) is 2.91. The lowest BCUT2D eigenvalue weighted by Gasteiger charge is -2.20. The third-order valence-electron chi connectivity index (χ3n) is 3.43. The molecule has 0 bridgehead atoms. The molecule has 0 aliphatic heterocycles. The molecule has 2 atom stereocenters. The van der Waals surface area contributed by atoms with Crippen molar-refractivity contribution in [2.75, 3.05) is 6.61 Å². The highest BCUT2D eigenvalue weighted by molar-refractivity contribution is 5.76. The molecule has 1 aromatic rings. The highest BCUT2D eigenvalue weighted by atomic mass is 16.5. The first-order valence-electron chi connectivity index (χ1n) is 7.81. The van der Waals surface area contributed by atoms with Gasteiger partial charge in [0, 0.05) is 6.42 Å². The second-order valence-electron chi connectivity index (χ2n) is 5.41. The minimum absolute atomic E-state index is 0.0889. The molecule has 0 radical (unpaired) electrons. The van der Waals surface area contributed by atoms with E-state index in [0.29, 0.717) is 19.3 Å². The number of hydrogen-bond acceptors (Lipinski definition) is 3. The van der Waals surface area contributed by atoms with Gasteiger partial charge in [-0.05, 0) is 18.4 Å². The quantitative estimate of drug-likeness (QED) is 0.530. The van der Waals surface area contributed by atoms with Crippen molar-refractivity contribution in [1.82, 2.24) is 5.32 Å². The van der Waals surface area contributed by atoms with Crippen LogP contribution in [0.3, 0.4) is 0 Å². The zero-order valence-electron chi connectivity index (χ0n) is 13.7. The van der Waals surface area contributed by atoms with Crippen LogP contribution in [0.2, 0.25) is 0 Å². The summed E-state index contributed by atoms with van der Waals surface area (Å²) in [7, 11) is 0. The lowest BCUT2D eigenvalue weighted by atomic mass is 10.1. The molecule has 1 rings (SSSR count). The van der Waals surface area contributed by atoms with E-state index >= 15 is 0 Å². The van der Waals surface area contributed by atoms with Crippen LogP contribution in [0.1, 0.15) is 37.8 Å². The first-order chi connectivity index (χ1) is 11.1. The first-order valence-corrected chi connectivity index (χ1v) is 7.81. The van der Waals surface area contributed by atoms with Gasteiger partial charge in [0.05, 0.1) is 12.0 Å². The molecule has 0 saturated heterocycles. The van der Waals surface area contributed by atoms with E-state index in [0.717, 1.165) is 5.56 Å². The molecule has 1 aromatic carbocycles. The Kier molecular flexibility index (Phi) is 8.43. The Morgan fingerprint density at radius 3 is 2.52 bits per heavy atom. The van der Waals surface area contributed by atoms with Crippen LogP contribution >= 0.6 is 0 Å². The fourth-order valence-corrected chi connectivity index (χ4v) is 2.06. The van der Waals surface area contributed by atoms with Gasteiger partial charge in [-0.2, -0.15) is 0 Å². The van der Waals surface area contributed by atoms with Crippen molar-refractivity contribution in [1.29, 1.82) is 0 Å². The molecule has 0 aliphatic carbocycles. The molecule has 1 N–H and O–H groups in total. The second kappa shape index (κ2) is 10.4. The number of amides is 1. The van der Waals surface area contributed by atoms with Gasteiger partial charge in [-0.1, -0.05) is 49.4 Å². The van der Waals surface area contributed by atoms with E-state index in [9.17, 15) is 9.59 Å². The zero-order valence-corrected chi connectivity index (χ0v) is 13.7. The first kappa shape index (κ1) is 18.7. The standard InChI is InChI=1S/C19H25NO3/c1-4-6-13-18(21)20-17(16-11-8-7-9-12-16)14-23-19(22)15(3)10-5-2/h4-5,7-9,11-12,15,17H,1-2,6,10,13-14H2,3H3,(H,20,21)/t15-,17-/m0/s1. The van der Waals surface area contributed by atoms with Crippen molar-refractivity contribution < 1.29 is 14.3 Å². The third kappa shape index (κ3) is 6.96. The molecule has 0 unspecified atom stereocenters. The maximum atomic E-state index is 12.0. The van der Waals surface area contributed by atoms with E-state index in [1.165, 1.54) is 0 Å². The van der Waals surface area contributed by atoms with Gasteiger partial charge in [0.2, 0.25) is 5.91 Å². The van der Waals surface area contributed by atoms with Crippen molar-refractivity contribution in [2.24, 2.45) is 5.92 Å². The molecule has 0 fully saturated rings. The van der Waals surface area contributed by atoms with Crippen molar-refractivity contribution >= 4 is 11.9 Å². The number of carbonyl (C=O) groups is 2. The number of nitrogens with one attached hydrogen (secondary N) is 1. The zero-order chi connectivity index (χ0) is 17.1. The topological polar surface area (TPSA) is 55.4 Å². The van der Waals surface area contributed by atoms with Crippen molar-refractivity contribution in [3.63, 3.8) is 0 Å². The van der Waals surface area contributed by atoms with E-state index in [2.05, 4.69) is 18.5 Å². The van der Waals surface area contributed by atoms with Crippen molar-refractivity contribution in [2.45, 2.75) is 32.2 Å². The lowest BCUT2D eigenvalue weighted by molar-refractivity contribution is -0.149. The smallest absolute Gasteiger partial charge is 0.309 e. The fraction of sp³-hybridized carbons (Fsp3) is 0.368. The van der Waals surface area contributed by atoms with E-state index in [1.54, 1.807) is 19.1 Å². The molecule has 0 aliphatic rings. The predicted octanol–water partition coefficient (Wildman–Crippen LogP) is 3.57. The molecule has 23 heavy (non-hydrogen) atoms. The van der Waals surface area contributed by atoms with E-state index < -0.39 is 0 Å². The SMILES string of the molecule is C=CCCC(=O)N[C@@H](COC(=O)[C@@H](C)CC=C)c1ccccc1. The summed E-state index contributed by atoms with van der Waals surface area (Å²) < 4.78 is 5.36. The molecule has 4 nitrogen and oxygen atoms in total. The average Bonchev–Trinajstić information content (AvgIpc) is 2.57. The summed E-state index contributed by atoms with van der Waals surface area (Å²) in [4.78, 5) is 23.9. The number of esters is 1. The number of rotatable bonds is 10. The molecule has 124 valence electrons. The van der Waals surface area contributed by atoms with E-state index in [1.807, 2.05) is 30.3 Å². The predicted molar refractivity (Wildman–Crippen MR) is 91.7 cm³/mol. The highest BCUT2D eigenvalue weighted by Crippen LogP contribution is 2.15. The Morgan fingerprint density at radius 2 is 1.91 bits per heavy atom. The van der Waals surface area contributed by atoms with E-state index in [4.69, 9.17) is 4.74 Å². The molecule has 0 aromatic heterocycles. The number of allylic oxidation sites excluding steroid dienone is 2. The molecule has 0 heterocycles. The van der Waals surface area contributed by atoms with Crippen LogP contribution < -0.4 is 5.32 Å². The van der Waals surface area contributed by atoms with Crippen molar-refractivity contribution in [3.05, 3.63) is 61.2 Å². The molecule has 4 heteroatoms.